The van der Waals surface area contributed by atoms with Crippen LogP contribution in [0.25, 0.3) is 0 Å². The summed E-state index contributed by atoms with van der Waals surface area (Å²) in [6.07, 6.45) is 0. The van der Waals surface area contributed by atoms with Crippen LogP contribution in [0.15, 0.2) is 18.2 Å². The summed E-state index contributed by atoms with van der Waals surface area (Å²) in [4.78, 5) is 36.0. The predicted octanol–water partition coefficient (Wildman–Crippen LogP) is 0.794. The van der Waals surface area contributed by atoms with Crippen LogP contribution in [0.5, 0.6) is 5.75 Å². The molecule has 0 saturated heterocycles. The summed E-state index contributed by atoms with van der Waals surface area (Å²) >= 11 is 0. The molecule has 2 aromatic rings. The Morgan fingerprint density at radius 1 is 1.32 bits per heavy atom. The summed E-state index contributed by atoms with van der Waals surface area (Å²) in [6, 6.07) is 3.62. The van der Waals surface area contributed by atoms with E-state index in [0.29, 0.717) is 5.95 Å². The Labute approximate surface area is 142 Å². The highest BCUT2D eigenvalue weighted by molar-refractivity contribution is 5.93. The van der Waals surface area contributed by atoms with Gasteiger partial charge in [-0.1, -0.05) is 0 Å². The highest BCUT2D eigenvalue weighted by atomic mass is 16.6. The first-order valence-corrected chi connectivity index (χ1v) is 6.99. The Hall–Kier alpha value is -3.50. The number of carbonyl (C=O) groups is 1. The summed E-state index contributed by atoms with van der Waals surface area (Å²) in [7, 11) is 4.78. The van der Waals surface area contributed by atoms with E-state index in [9.17, 15) is 14.9 Å². The second kappa shape index (κ2) is 7.38. The number of nitrogens with two attached hydrogens (primary N) is 1. The van der Waals surface area contributed by atoms with Crippen LogP contribution < -0.4 is 15.4 Å². The number of nitro groups is 1. The number of nitrogens with zero attached hydrogens (tertiary/aromatic N) is 5. The average molecular weight is 348 g/mol. The Morgan fingerprint density at radius 3 is 2.64 bits per heavy atom. The van der Waals surface area contributed by atoms with Crippen molar-refractivity contribution >= 4 is 23.6 Å². The first-order valence-electron chi connectivity index (χ1n) is 6.99. The van der Waals surface area contributed by atoms with E-state index >= 15 is 0 Å². The third kappa shape index (κ3) is 4.28. The van der Waals surface area contributed by atoms with Gasteiger partial charge in [0.2, 0.25) is 11.9 Å². The number of carbonyl (C=O) groups excluding carboxylic acids is 1. The number of benzene rings is 1. The lowest BCUT2D eigenvalue weighted by atomic mass is 10.2. The van der Waals surface area contributed by atoms with Crippen LogP contribution >= 0.6 is 0 Å². The van der Waals surface area contributed by atoms with Crippen molar-refractivity contribution in [3.8, 4) is 5.75 Å². The van der Waals surface area contributed by atoms with Crippen molar-refractivity contribution in [3.05, 3.63) is 39.7 Å². The van der Waals surface area contributed by atoms with Crippen molar-refractivity contribution in [2.24, 2.45) is 0 Å². The lowest BCUT2D eigenvalue weighted by molar-refractivity contribution is -0.384. The molecular formula is C14H16N6O5. The fraction of sp³-hybridized carbons (Fsp3) is 0.286. The van der Waals surface area contributed by atoms with E-state index in [1.807, 2.05) is 0 Å². The zero-order valence-electron chi connectivity index (χ0n) is 13.8. The van der Waals surface area contributed by atoms with Crippen LogP contribution in [0.3, 0.4) is 0 Å². The van der Waals surface area contributed by atoms with E-state index in [-0.39, 0.29) is 35.4 Å². The van der Waals surface area contributed by atoms with Crippen molar-refractivity contribution in [1.82, 2.24) is 15.0 Å². The summed E-state index contributed by atoms with van der Waals surface area (Å²) in [5.41, 5.74) is 5.25. The topological polar surface area (TPSA) is 147 Å². The molecule has 25 heavy (non-hydrogen) atoms. The maximum absolute atomic E-state index is 12.2. The molecule has 0 aliphatic carbocycles. The van der Waals surface area contributed by atoms with Gasteiger partial charge in [-0.25, -0.2) is 4.79 Å². The fourth-order valence-corrected chi connectivity index (χ4v) is 1.87. The van der Waals surface area contributed by atoms with E-state index in [2.05, 4.69) is 15.0 Å². The molecule has 0 atom stereocenters. The Kier molecular flexibility index (Phi) is 5.27. The van der Waals surface area contributed by atoms with Gasteiger partial charge in [0.1, 0.15) is 11.3 Å². The zero-order chi connectivity index (χ0) is 18.6. The molecule has 2 N–H and O–H groups in total. The molecule has 1 heterocycles. The lowest BCUT2D eigenvalue weighted by Crippen LogP contribution is -2.17. The quantitative estimate of drug-likeness (QED) is 0.451. The smallest absolute Gasteiger partial charge is 0.342 e. The normalized spacial score (nSPS) is 10.2. The van der Waals surface area contributed by atoms with Gasteiger partial charge in [-0.2, -0.15) is 15.0 Å². The molecule has 0 aliphatic rings. The van der Waals surface area contributed by atoms with Crippen LogP contribution in [0, 0.1) is 10.1 Å². The number of non-ortho nitro benzene ring substituents is 1. The molecule has 0 spiro atoms. The zero-order valence-corrected chi connectivity index (χ0v) is 13.8. The molecule has 1 aromatic heterocycles. The van der Waals surface area contributed by atoms with Gasteiger partial charge in [0.25, 0.3) is 5.69 Å². The van der Waals surface area contributed by atoms with Crippen LogP contribution in [0.2, 0.25) is 0 Å². The minimum atomic E-state index is -0.814. The highest BCUT2D eigenvalue weighted by Gasteiger charge is 2.19. The number of nitrogen functional groups attached to an aromatic ring is 1. The Morgan fingerprint density at radius 2 is 2.04 bits per heavy atom. The lowest BCUT2D eigenvalue weighted by Gasteiger charge is -2.12. The maximum Gasteiger partial charge on any atom is 0.342 e. The molecule has 1 aromatic carbocycles. The van der Waals surface area contributed by atoms with Crippen LogP contribution in [0.4, 0.5) is 17.6 Å². The number of aromatic nitrogens is 3. The first-order chi connectivity index (χ1) is 11.8. The van der Waals surface area contributed by atoms with E-state index < -0.39 is 10.9 Å². The van der Waals surface area contributed by atoms with E-state index in [4.69, 9.17) is 15.2 Å². The standard InChI is InChI=1S/C14H16N6O5/c1-19(2)14-17-11(16-13(15)18-14)7-25-12(21)9-6-8(20(22)23)4-5-10(9)24-3/h4-6H,7H2,1-3H3,(H2,15,16,17,18). The number of hydrogen-bond donors (Lipinski definition) is 1. The van der Waals surface area contributed by atoms with Crippen molar-refractivity contribution in [3.63, 3.8) is 0 Å². The van der Waals surface area contributed by atoms with Gasteiger partial charge in [-0.05, 0) is 6.07 Å². The molecule has 132 valence electrons. The molecule has 0 saturated carbocycles. The second-order valence-corrected chi connectivity index (χ2v) is 5.02. The van der Waals surface area contributed by atoms with E-state index in [1.54, 1.807) is 19.0 Å². The van der Waals surface area contributed by atoms with E-state index in [0.717, 1.165) is 6.07 Å². The molecule has 0 radical (unpaired) electrons. The van der Waals surface area contributed by atoms with Crippen molar-refractivity contribution in [1.29, 1.82) is 0 Å². The summed E-state index contributed by atoms with van der Waals surface area (Å²) in [5.74, 6) is -0.219. The second-order valence-electron chi connectivity index (χ2n) is 5.02. The molecular weight excluding hydrogens is 332 g/mol. The Bertz CT molecular complexity index is 810. The average Bonchev–Trinajstić information content (AvgIpc) is 2.58. The number of methoxy groups -OCH3 is 1. The monoisotopic (exact) mass is 348 g/mol. The number of rotatable bonds is 6. The van der Waals surface area contributed by atoms with Gasteiger partial charge in [0, 0.05) is 26.2 Å². The summed E-state index contributed by atoms with van der Waals surface area (Å²) < 4.78 is 10.1. The Balaban J connectivity index is 2.20. The highest BCUT2D eigenvalue weighted by Crippen LogP contribution is 2.25. The van der Waals surface area contributed by atoms with Gasteiger partial charge in [-0.3, -0.25) is 10.1 Å². The maximum atomic E-state index is 12.2. The third-order valence-corrected chi connectivity index (χ3v) is 3.03. The number of esters is 1. The van der Waals surface area contributed by atoms with Gasteiger partial charge < -0.3 is 20.1 Å². The molecule has 0 amide bonds. The van der Waals surface area contributed by atoms with E-state index in [1.165, 1.54) is 19.2 Å². The number of anilines is 2. The molecule has 2 rings (SSSR count). The first kappa shape index (κ1) is 17.8. The van der Waals surface area contributed by atoms with Gasteiger partial charge >= 0.3 is 5.97 Å². The van der Waals surface area contributed by atoms with Crippen molar-refractivity contribution in [2.45, 2.75) is 6.61 Å². The molecule has 0 bridgehead atoms. The number of hydrogen-bond acceptors (Lipinski definition) is 10. The van der Waals surface area contributed by atoms with Crippen LogP contribution in [-0.2, 0) is 11.3 Å². The molecule has 0 aliphatic heterocycles. The number of ether oxygens (including phenoxy) is 2. The molecule has 11 heteroatoms. The SMILES string of the molecule is COc1ccc([N+](=O)[O-])cc1C(=O)OCc1nc(N)nc(N(C)C)n1. The van der Waals surface area contributed by atoms with Crippen LogP contribution in [0.1, 0.15) is 16.2 Å². The van der Waals surface area contributed by atoms with Gasteiger partial charge in [-0.15, -0.1) is 0 Å². The predicted molar refractivity (Wildman–Crippen MR) is 87.3 cm³/mol. The minimum Gasteiger partial charge on any atom is -0.496 e. The third-order valence-electron chi connectivity index (χ3n) is 3.03. The largest absolute Gasteiger partial charge is 0.496 e. The van der Waals surface area contributed by atoms with Crippen LogP contribution in [-0.4, -0.2) is 47.0 Å². The minimum absolute atomic E-state index is 0.0160. The summed E-state index contributed by atoms with van der Waals surface area (Å²) in [6.45, 7) is -0.280. The fourth-order valence-electron chi connectivity index (χ4n) is 1.87. The molecule has 0 fully saturated rings. The molecule has 11 nitrogen and oxygen atoms in total. The van der Waals surface area contributed by atoms with Gasteiger partial charge in [0.05, 0.1) is 12.0 Å². The number of nitro benzene ring substituents is 1. The molecule has 0 unspecified atom stereocenters. The van der Waals surface area contributed by atoms with Crippen molar-refractivity contribution in [2.75, 3.05) is 31.8 Å². The van der Waals surface area contributed by atoms with Crippen molar-refractivity contribution < 1.29 is 19.2 Å². The summed E-state index contributed by atoms with van der Waals surface area (Å²) in [5, 5.41) is 10.9. The van der Waals surface area contributed by atoms with Gasteiger partial charge in [0.15, 0.2) is 12.4 Å².